The number of rotatable bonds is 2. The van der Waals surface area contributed by atoms with Crippen molar-refractivity contribution in [2.75, 3.05) is 0 Å². The standard InChI is InChI=1S/C15H11F2N3/c16-10-3-1-9(2-4-10)12-7-13(12)11-5-6-19-20-14(17)8-18-15(11)20/h1-6,8,12-13H,7H2/t12-,13-/m1/s1. The highest BCUT2D eigenvalue weighted by atomic mass is 19.1. The summed E-state index contributed by atoms with van der Waals surface area (Å²) in [6.45, 7) is 0. The highest BCUT2D eigenvalue weighted by Crippen LogP contribution is 2.55. The molecule has 0 spiro atoms. The second-order valence-electron chi connectivity index (χ2n) is 5.10. The van der Waals surface area contributed by atoms with Crippen LogP contribution in [-0.4, -0.2) is 14.6 Å². The van der Waals surface area contributed by atoms with Gasteiger partial charge in [-0.3, -0.25) is 0 Å². The number of benzene rings is 1. The Balaban J connectivity index is 1.70. The summed E-state index contributed by atoms with van der Waals surface area (Å²) in [6.07, 6.45) is 3.74. The fourth-order valence-electron chi connectivity index (χ4n) is 2.79. The minimum absolute atomic E-state index is 0.229. The van der Waals surface area contributed by atoms with Crippen LogP contribution < -0.4 is 0 Å². The van der Waals surface area contributed by atoms with E-state index in [4.69, 9.17) is 0 Å². The van der Waals surface area contributed by atoms with Crippen molar-refractivity contribution in [3.8, 4) is 0 Å². The zero-order chi connectivity index (χ0) is 13.7. The third-order valence-corrected chi connectivity index (χ3v) is 3.88. The first-order chi connectivity index (χ1) is 9.74. The van der Waals surface area contributed by atoms with Crippen LogP contribution in [0.15, 0.2) is 42.7 Å². The summed E-state index contributed by atoms with van der Waals surface area (Å²) in [4.78, 5) is 4.09. The Bertz CT molecular complexity index is 779. The van der Waals surface area contributed by atoms with E-state index in [9.17, 15) is 8.78 Å². The minimum atomic E-state index is -0.458. The van der Waals surface area contributed by atoms with Crippen molar-refractivity contribution < 1.29 is 8.78 Å². The number of nitrogens with zero attached hydrogens (tertiary/aromatic N) is 3. The lowest BCUT2D eigenvalue weighted by Gasteiger charge is -2.03. The molecule has 1 saturated carbocycles. The van der Waals surface area contributed by atoms with Crippen LogP contribution >= 0.6 is 0 Å². The predicted molar refractivity (Wildman–Crippen MR) is 69.4 cm³/mol. The van der Waals surface area contributed by atoms with Crippen LogP contribution in [0.3, 0.4) is 0 Å². The number of hydrogen-bond acceptors (Lipinski definition) is 2. The molecule has 2 aromatic heterocycles. The molecule has 100 valence electrons. The van der Waals surface area contributed by atoms with Crippen LogP contribution in [0.4, 0.5) is 8.78 Å². The molecule has 1 aliphatic rings. The summed E-state index contributed by atoms with van der Waals surface area (Å²) in [7, 11) is 0. The highest BCUT2D eigenvalue weighted by molar-refractivity contribution is 5.52. The van der Waals surface area contributed by atoms with Gasteiger partial charge in [0.1, 0.15) is 5.82 Å². The minimum Gasteiger partial charge on any atom is -0.232 e. The largest absolute Gasteiger partial charge is 0.234 e. The van der Waals surface area contributed by atoms with Crippen LogP contribution in [0.5, 0.6) is 0 Å². The van der Waals surface area contributed by atoms with Gasteiger partial charge in [-0.15, -0.1) is 0 Å². The average molecular weight is 271 g/mol. The summed E-state index contributed by atoms with van der Waals surface area (Å²) in [5.41, 5.74) is 2.68. The van der Waals surface area contributed by atoms with E-state index < -0.39 is 5.95 Å². The van der Waals surface area contributed by atoms with Crippen LogP contribution in [-0.2, 0) is 0 Å². The van der Waals surface area contributed by atoms with Gasteiger partial charge in [-0.05, 0) is 42.0 Å². The van der Waals surface area contributed by atoms with Crippen LogP contribution in [0.2, 0.25) is 0 Å². The van der Waals surface area contributed by atoms with E-state index in [1.165, 1.54) is 22.8 Å². The van der Waals surface area contributed by atoms with E-state index in [1.807, 2.05) is 18.2 Å². The SMILES string of the molecule is Fc1ccc([C@H]2C[C@@H]2c2ccnn3c(F)cnc23)cc1. The third kappa shape index (κ3) is 1.70. The van der Waals surface area contributed by atoms with Gasteiger partial charge in [-0.2, -0.15) is 14.0 Å². The molecule has 5 heteroatoms. The van der Waals surface area contributed by atoms with Crippen LogP contribution in [0.25, 0.3) is 5.65 Å². The van der Waals surface area contributed by atoms with Crippen molar-refractivity contribution in [1.29, 1.82) is 0 Å². The number of imidazole rings is 1. The average Bonchev–Trinajstić information content (AvgIpc) is 3.17. The Hall–Kier alpha value is -2.30. The van der Waals surface area contributed by atoms with Gasteiger partial charge in [0, 0.05) is 11.8 Å². The molecule has 1 aromatic carbocycles. The maximum absolute atomic E-state index is 13.5. The molecule has 0 unspecified atom stereocenters. The molecule has 0 N–H and O–H groups in total. The lowest BCUT2D eigenvalue weighted by Crippen LogP contribution is -1.97. The monoisotopic (exact) mass is 271 g/mol. The van der Waals surface area contributed by atoms with E-state index in [2.05, 4.69) is 10.1 Å². The number of fused-ring (bicyclic) bond motifs is 1. The molecule has 0 radical (unpaired) electrons. The number of aromatic nitrogens is 3. The van der Waals surface area contributed by atoms with E-state index in [0.29, 0.717) is 17.5 Å². The summed E-state index contributed by atoms with van der Waals surface area (Å²) in [6, 6.07) is 8.45. The molecule has 2 atom stereocenters. The molecule has 4 rings (SSSR count). The van der Waals surface area contributed by atoms with Crippen LogP contribution in [0.1, 0.15) is 29.4 Å². The van der Waals surface area contributed by atoms with Crippen molar-refractivity contribution in [3.63, 3.8) is 0 Å². The van der Waals surface area contributed by atoms with E-state index in [-0.39, 0.29) is 5.82 Å². The van der Waals surface area contributed by atoms with Gasteiger partial charge < -0.3 is 0 Å². The van der Waals surface area contributed by atoms with Gasteiger partial charge in [0.25, 0.3) is 0 Å². The summed E-state index contributed by atoms with van der Waals surface area (Å²) in [5, 5.41) is 3.95. The van der Waals surface area contributed by atoms with Gasteiger partial charge in [-0.25, -0.2) is 9.37 Å². The number of hydrogen-bond donors (Lipinski definition) is 0. The molecular formula is C15H11F2N3. The van der Waals surface area contributed by atoms with Gasteiger partial charge in [0.2, 0.25) is 5.95 Å². The molecule has 0 saturated heterocycles. The maximum atomic E-state index is 13.5. The first-order valence-electron chi connectivity index (χ1n) is 6.47. The Morgan fingerprint density at radius 1 is 1.05 bits per heavy atom. The second-order valence-corrected chi connectivity index (χ2v) is 5.10. The summed E-state index contributed by atoms with van der Waals surface area (Å²) in [5.74, 6) is -0.0391. The Morgan fingerprint density at radius 2 is 1.85 bits per heavy atom. The predicted octanol–water partition coefficient (Wildman–Crippen LogP) is 3.28. The first kappa shape index (κ1) is 11.5. The maximum Gasteiger partial charge on any atom is 0.234 e. The van der Waals surface area contributed by atoms with Crippen molar-refractivity contribution >= 4 is 5.65 Å². The molecule has 20 heavy (non-hydrogen) atoms. The third-order valence-electron chi connectivity index (χ3n) is 3.88. The fourth-order valence-corrected chi connectivity index (χ4v) is 2.79. The topological polar surface area (TPSA) is 30.2 Å². The summed E-state index contributed by atoms with van der Waals surface area (Å²) < 4.78 is 27.6. The van der Waals surface area contributed by atoms with Gasteiger partial charge >= 0.3 is 0 Å². The molecule has 3 aromatic rings. The molecular weight excluding hydrogens is 260 g/mol. The van der Waals surface area contributed by atoms with Crippen molar-refractivity contribution in [2.24, 2.45) is 0 Å². The van der Waals surface area contributed by atoms with Gasteiger partial charge in [0.15, 0.2) is 5.65 Å². The van der Waals surface area contributed by atoms with Gasteiger partial charge in [0.05, 0.1) is 6.20 Å². The normalized spacial score (nSPS) is 21.3. The quantitative estimate of drug-likeness (QED) is 0.716. The van der Waals surface area contributed by atoms with E-state index in [0.717, 1.165) is 17.5 Å². The first-order valence-corrected chi connectivity index (χ1v) is 6.47. The Labute approximate surface area is 113 Å². The Morgan fingerprint density at radius 3 is 2.65 bits per heavy atom. The molecule has 0 bridgehead atoms. The molecule has 0 amide bonds. The lowest BCUT2D eigenvalue weighted by atomic mass is 10.1. The Kier molecular flexibility index (Phi) is 2.36. The smallest absolute Gasteiger partial charge is 0.232 e. The van der Waals surface area contributed by atoms with Crippen LogP contribution in [0, 0.1) is 11.8 Å². The lowest BCUT2D eigenvalue weighted by molar-refractivity contribution is 0.548. The van der Waals surface area contributed by atoms with Crippen molar-refractivity contribution in [3.05, 3.63) is 65.6 Å². The highest BCUT2D eigenvalue weighted by Gasteiger charge is 2.41. The van der Waals surface area contributed by atoms with Gasteiger partial charge in [-0.1, -0.05) is 12.1 Å². The van der Waals surface area contributed by atoms with Crippen molar-refractivity contribution in [2.45, 2.75) is 18.3 Å². The van der Waals surface area contributed by atoms with E-state index >= 15 is 0 Å². The number of halogens is 2. The molecule has 1 aliphatic carbocycles. The molecule has 0 aliphatic heterocycles. The zero-order valence-corrected chi connectivity index (χ0v) is 10.5. The molecule has 2 heterocycles. The zero-order valence-electron chi connectivity index (χ0n) is 10.5. The van der Waals surface area contributed by atoms with Crippen molar-refractivity contribution in [1.82, 2.24) is 14.6 Å². The fraction of sp³-hybridized carbons (Fsp3) is 0.200. The van der Waals surface area contributed by atoms with E-state index in [1.54, 1.807) is 6.20 Å². The molecule has 3 nitrogen and oxygen atoms in total. The summed E-state index contributed by atoms with van der Waals surface area (Å²) >= 11 is 0. The molecule has 1 fully saturated rings. The second kappa shape index (κ2) is 4.10.